The van der Waals surface area contributed by atoms with E-state index < -0.39 is 10.0 Å². The summed E-state index contributed by atoms with van der Waals surface area (Å²) in [6, 6.07) is 15.7. The van der Waals surface area contributed by atoms with Crippen molar-refractivity contribution in [1.29, 1.82) is 0 Å². The summed E-state index contributed by atoms with van der Waals surface area (Å²) in [6.07, 6.45) is 7.77. The summed E-state index contributed by atoms with van der Waals surface area (Å²) < 4.78 is 31.0. The van der Waals surface area contributed by atoms with Crippen LogP contribution < -0.4 is 4.72 Å². The summed E-state index contributed by atoms with van der Waals surface area (Å²) in [5.74, 6) is 0. The predicted octanol–water partition coefficient (Wildman–Crippen LogP) is 3.97. The predicted molar refractivity (Wildman–Crippen MR) is 113 cm³/mol. The maximum absolute atomic E-state index is 13.1. The molecule has 1 aliphatic carbocycles. The molecule has 2 aromatic carbocycles. The Morgan fingerprint density at radius 3 is 2.55 bits per heavy atom. The Labute approximate surface area is 172 Å². The number of sulfonamides is 1. The van der Waals surface area contributed by atoms with Crippen LogP contribution in [0.5, 0.6) is 0 Å². The van der Waals surface area contributed by atoms with Gasteiger partial charge in [-0.2, -0.15) is 0 Å². The van der Waals surface area contributed by atoms with Gasteiger partial charge in [-0.15, -0.1) is 10.2 Å². The molecule has 0 spiro atoms. The summed E-state index contributed by atoms with van der Waals surface area (Å²) in [7, 11) is -3.57. The van der Waals surface area contributed by atoms with Crippen LogP contribution in [0.2, 0.25) is 0 Å². The van der Waals surface area contributed by atoms with Crippen molar-refractivity contribution in [3.05, 3.63) is 66.7 Å². The molecule has 7 heteroatoms. The fourth-order valence-electron chi connectivity index (χ4n) is 4.16. The van der Waals surface area contributed by atoms with Gasteiger partial charge in [0, 0.05) is 12.1 Å². The van der Waals surface area contributed by atoms with Crippen LogP contribution >= 0.6 is 0 Å². The molecule has 1 saturated carbocycles. The highest BCUT2D eigenvalue weighted by molar-refractivity contribution is 7.89. The van der Waals surface area contributed by atoms with Gasteiger partial charge in [-0.3, -0.25) is 0 Å². The Morgan fingerprint density at radius 2 is 1.83 bits per heavy atom. The van der Waals surface area contributed by atoms with Gasteiger partial charge >= 0.3 is 0 Å². The van der Waals surface area contributed by atoms with E-state index in [1.807, 2.05) is 47.0 Å². The standard InChI is InChI=1S/C22H26N4O2S/c1-2-17-13-21(11-12-22(17)18-7-4-3-5-8-18)29(27,28)25-19-9-6-10-20(14-19)26-15-23-24-16-26/h3-5,7-8,11-13,15-16,19-20,25H,2,6,9-10,14H2,1H3. The van der Waals surface area contributed by atoms with Gasteiger partial charge in [0.05, 0.1) is 4.90 Å². The molecule has 1 fully saturated rings. The zero-order chi connectivity index (χ0) is 20.3. The zero-order valence-electron chi connectivity index (χ0n) is 16.5. The molecule has 0 saturated heterocycles. The third kappa shape index (κ3) is 4.41. The summed E-state index contributed by atoms with van der Waals surface area (Å²) in [5.41, 5.74) is 3.22. The Kier molecular flexibility index (Phi) is 5.78. The minimum absolute atomic E-state index is 0.0833. The van der Waals surface area contributed by atoms with Crippen LogP contribution in [0.15, 0.2) is 66.1 Å². The van der Waals surface area contributed by atoms with E-state index in [4.69, 9.17) is 0 Å². The summed E-state index contributed by atoms with van der Waals surface area (Å²) in [6.45, 7) is 2.05. The number of hydrogen-bond acceptors (Lipinski definition) is 4. The maximum Gasteiger partial charge on any atom is 0.240 e. The highest BCUT2D eigenvalue weighted by Gasteiger charge is 2.27. The van der Waals surface area contributed by atoms with Gasteiger partial charge in [-0.1, -0.05) is 43.3 Å². The van der Waals surface area contributed by atoms with Crippen LogP contribution in [0.25, 0.3) is 11.1 Å². The monoisotopic (exact) mass is 410 g/mol. The van der Waals surface area contributed by atoms with Crippen LogP contribution in [0, 0.1) is 0 Å². The first-order valence-corrected chi connectivity index (χ1v) is 11.6. The van der Waals surface area contributed by atoms with Crippen LogP contribution in [0.1, 0.15) is 44.2 Å². The normalized spacial score (nSPS) is 19.9. The van der Waals surface area contributed by atoms with Gasteiger partial charge in [0.15, 0.2) is 0 Å². The molecule has 152 valence electrons. The average Bonchev–Trinajstić information content (AvgIpc) is 3.29. The van der Waals surface area contributed by atoms with Crippen molar-refractivity contribution >= 4 is 10.0 Å². The van der Waals surface area contributed by atoms with Gasteiger partial charge in [0.2, 0.25) is 10.0 Å². The number of nitrogens with zero attached hydrogens (tertiary/aromatic N) is 3. The van der Waals surface area contributed by atoms with E-state index in [0.29, 0.717) is 4.90 Å². The number of rotatable bonds is 6. The molecular formula is C22H26N4O2S. The molecule has 1 aliphatic rings. The number of nitrogens with one attached hydrogen (secondary N) is 1. The van der Waals surface area contributed by atoms with Crippen LogP contribution in [-0.2, 0) is 16.4 Å². The lowest BCUT2D eigenvalue weighted by atomic mass is 9.91. The van der Waals surface area contributed by atoms with E-state index in [0.717, 1.165) is 48.8 Å². The first kappa shape index (κ1) is 19.8. The Morgan fingerprint density at radius 1 is 1.07 bits per heavy atom. The maximum atomic E-state index is 13.1. The van der Waals surface area contributed by atoms with Crippen molar-refractivity contribution in [3.8, 4) is 11.1 Å². The quantitative estimate of drug-likeness (QED) is 0.667. The molecule has 2 atom stereocenters. The molecule has 6 nitrogen and oxygen atoms in total. The van der Waals surface area contributed by atoms with E-state index in [1.54, 1.807) is 18.7 Å². The molecule has 0 aliphatic heterocycles. The van der Waals surface area contributed by atoms with E-state index >= 15 is 0 Å². The molecule has 3 aromatic rings. The van der Waals surface area contributed by atoms with Crippen LogP contribution in [0.3, 0.4) is 0 Å². The minimum Gasteiger partial charge on any atom is -0.317 e. The second kappa shape index (κ2) is 8.47. The number of aryl methyl sites for hydroxylation is 1. The molecule has 1 aromatic heterocycles. The van der Waals surface area contributed by atoms with Crippen molar-refractivity contribution in [3.63, 3.8) is 0 Å². The van der Waals surface area contributed by atoms with Gasteiger partial charge in [0.25, 0.3) is 0 Å². The Bertz CT molecular complexity index is 1050. The molecule has 1 N–H and O–H groups in total. The molecule has 4 rings (SSSR count). The number of benzene rings is 2. The molecule has 0 amide bonds. The topological polar surface area (TPSA) is 76.9 Å². The smallest absolute Gasteiger partial charge is 0.240 e. The lowest BCUT2D eigenvalue weighted by Crippen LogP contribution is -2.38. The lowest BCUT2D eigenvalue weighted by molar-refractivity contribution is 0.305. The van der Waals surface area contributed by atoms with E-state index in [2.05, 4.69) is 21.8 Å². The third-order valence-corrected chi connectivity index (χ3v) is 7.20. The van der Waals surface area contributed by atoms with Crippen molar-refractivity contribution < 1.29 is 8.42 Å². The third-order valence-electron chi connectivity index (χ3n) is 5.68. The summed E-state index contributed by atoms with van der Waals surface area (Å²) in [4.78, 5) is 0.334. The highest BCUT2D eigenvalue weighted by Crippen LogP contribution is 2.30. The highest BCUT2D eigenvalue weighted by atomic mass is 32.2. The van der Waals surface area contributed by atoms with Crippen molar-refractivity contribution in [2.45, 2.75) is 56.0 Å². The van der Waals surface area contributed by atoms with Crippen LogP contribution in [-0.4, -0.2) is 29.2 Å². The molecule has 0 radical (unpaired) electrons. The van der Waals surface area contributed by atoms with Gasteiger partial charge in [-0.25, -0.2) is 13.1 Å². The second-order valence-corrected chi connectivity index (χ2v) is 9.30. The molecule has 0 bridgehead atoms. The van der Waals surface area contributed by atoms with Crippen molar-refractivity contribution in [2.24, 2.45) is 0 Å². The fourth-order valence-corrected chi connectivity index (χ4v) is 5.49. The first-order valence-electron chi connectivity index (χ1n) is 10.1. The lowest BCUT2D eigenvalue weighted by Gasteiger charge is -2.30. The van der Waals surface area contributed by atoms with Gasteiger partial charge in [0.1, 0.15) is 12.7 Å². The Balaban J connectivity index is 1.54. The zero-order valence-corrected chi connectivity index (χ0v) is 17.3. The summed E-state index contributed by atoms with van der Waals surface area (Å²) in [5, 5.41) is 7.74. The van der Waals surface area contributed by atoms with E-state index in [-0.39, 0.29) is 12.1 Å². The van der Waals surface area contributed by atoms with Gasteiger partial charge < -0.3 is 4.57 Å². The van der Waals surface area contributed by atoms with E-state index in [9.17, 15) is 8.42 Å². The number of hydrogen-bond donors (Lipinski definition) is 1. The molecule has 1 heterocycles. The van der Waals surface area contributed by atoms with Crippen LogP contribution in [0.4, 0.5) is 0 Å². The Hall–Kier alpha value is -2.51. The summed E-state index contributed by atoms with van der Waals surface area (Å²) >= 11 is 0. The SMILES string of the molecule is CCc1cc(S(=O)(=O)NC2CCCC(n3cnnc3)C2)ccc1-c1ccccc1. The fraction of sp³-hybridized carbons (Fsp3) is 0.364. The minimum atomic E-state index is -3.57. The van der Waals surface area contributed by atoms with Crippen molar-refractivity contribution in [1.82, 2.24) is 19.5 Å². The molecule has 2 unspecified atom stereocenters. The average molecular weight is 411 g/mol. The molecule has 29 heavy (non-hydrogen) atoms. The second-order valence-electron chi connectivity index (χ2n) is 7.59. The first-order chi connectivity index (χ1) is 14.1. The van der Waals surface area contributed by atoms with Gasteiger partial charge in [-0.05, 0) is 60.9 Å². The van der Waals surface area contributed by atoms with Crippen molar-refractivity contribution in [2.75, 3.05) is 0 Å². The van der Waals surface area contributed by atoms with E-state index in [1.165, 1.54) is 0 Å². The molecular weight excluding hydrogens is 384 g/mol. The largest absolute Gasteiger partial charge is 0.317 e. The number of aromatic nitrogens is 3.